The highest BCUT2D eigenvalue weighted by atomic mass is 79.9. The highest BCUT2D eigenvalue weighted by Crippen LogP contribution is 2.26. The lowest BCUT2D eigenvalue weighted by molar-refractivity contribution is 0.0983. The van der Waals surface area contributed by atoms with Crippen molar-refractivity contribution in [2.45, 2.75) is 6.42 Å². The van der Waals surface area contributed by atoms with Crippen LogP contribution < -0.4 is 10.6 Å². The topological polar surface area (TPSA) is 55.6 Å². The van der Waals surface area contributed by atoms with Crippen molar-refractivity contribution in [2.24, 2.45) is 5.73 Å². The van der Waals surface area contributed by atoms with E-state index in [9.17, 15) is 4.79 Å². The maximum atomic E-state index is 12.1. The van der Waals surface area contributed by atoms with E-state index in [0.29, 0.717) is 26.2 Å². The third kappa shape index (κ3) is 3.10. The molecular formula is C13H17BrN2O2. The van der Waals surface area contributed by atoms with Crippen LogP contribution in [0, 0.1) is 0 Å². The van der Waals surface area contributed by atoms with Crippen molar-refractivity contribution >= 4 is 27.4 Å². The number of ether oxygens (including phenoxy) is 1. The molecule has 0 amide bonds. The Balaban J connectivity index is 2.30. The minimum Gasteiger partial charge on any atom is -0.378 e. The molecule has 0 bridgehead atoms. The van der Waals surface area contributed by atoms with Gasteiger partial charge in [-0.05, 0) is 24.7 Å². The molecule has 1 heterocycles. The summed E-state index contributed by atoms with van der Waals surface area (Å²) in [5.41, 5.74) is 7.20. The Labute approximate surface area is 115 Å². The third-order valence-corrected chi connectivity index (χ3v) is 3.48. The number of halogens is 1. The molecule has 0 spiro atoms. The van der Waals surface area contributed by atoms with Crippen molar-refractivity contribution in [2.75, 3.05) is 37.7 Å². The summed E-state index contributed by atoms with van der Waals surface area (Å²) in [6.45, 7) is 3.45. The van der Waals surface area contributed by atoms with Gasteiger partial charge in [-0.2, -0.15) is 0 Å². The number of morpholine rings is 1. The van der Waals surface area contributed by atoms with Crippen LogP contribution in [0.1, 0.15) is 16.8 Å². The van der Waals surface area contributed by atoms with Crippen molar-refractivity contribution in [3.63, 3.8) is 0 Å². The largest absolute Gasteiger partial charge is 0.378 e. The lowest BCUT2D eigenvalue weighted by atomic mass is 10.0. The van der Waals surface area contributed by atoms with Crippen LogP contribution in [-0.4, -0.2) is 38.6 Å². The molecule has 0 saturated carbocycles. The van der Waals surface area contributed by atoms with Crippen LogP contribution in [0.4, 0.5) is 5.69 Å². The van der Waals surface area contributed by atoms with Crippen LogP contribution in [0.5, 0.6) is 0 Å². The van der Waals surface area contributed by atoms with Crippen LogP contribution in [0.25, 0.3) is 0 Å². The van der Waals surface area contributed by atoms with E-state index in [1.54, 1.807) is 0 Å². The summed E-state index contributed by atoms with van der Waals surface area (Å²) in [6, 6.07) is 5.83. The highest BCUT2D eigenvalue weighted by Gasteiger charge is 2.18. The fraction of sp³-hybridized carbons (Fsp3) is 0.462. The maximum absolute atomic E-state index is 12.1. The van der Waals surface area contributed by atoms with Crippen molar-refractivity contribution < 1.29 is 9.53 Å². The highest BCUT2D eigenvalue weighted by molar-refractivity contribution is 9.10. The lowest BCUT2D eigenvalue weighted by Gasteiger charge is -2.30. The number of Topliss-reactive ketones (excluding diaryl/α,β-unsaturated/α-hetero) is 1. The second-order valence-corrected chi connectivity index (χ2v) is 5.14. The Morgan fingerprint density at radius 1 is 1.39 bits per heavy atom. The number of benzene rings is 1. The van der Waals surface area contributed by atoms with E-state index < -0.39 is 0 Å². The Kier molecular flexibility index (Phi) is 4.74. The van der Waals surface area contributed by atoms with Gasteiger partial charge in [-0.25, -0.2) is 0 Å². The van der Waals surface area contributed by atoms with E-state index in [1.165, 1.54) is 0 Å². The summed E-state index contributed by atoms with van der Waals surface area (Å²) in [6.07, 6.45) is 0.383. The number of carbonyl (C=O) groups is 1. The Bertz CT molecular complexity index is 431. The van der Waals surface area contributed by atoms with Crippen molar-refractivity contribution in [3.8, 4) is 0 Å². The van der Waals surface area contributed by atoms with Gasteiger partial charge >= 0.3 is 0 Å². The van der Waals surface area contributed by atoms with Gasteiger partial charge in [-0.3, -0.25) is 4.79 Å². The van der Waals surface area contributed by atoms with E-state index in [-0.39, 0.29) is 5.78 Å². The quantitative estimate of drug-likeness (QED) is 0.862. The van der Waals surface area contributed by atoms with Gasteiger partial charge in [0.2, 0.25) is 0 Å². The average Bonchev–Trinajstić information content (AvgIpc) is 2.40. The van der Waals surface area contributed by atoms with Crippen LogP contribution in [0.2, 0.25) is 0 Å². The number of nitrogens with two attached hydrogens (primary N) is 1. The molecule has 18 heavy (non-hydrogen) atoms. The first kappa shape index (κ1) is 13.5. The number of hydrogen-bond acceptors (Lipinski definition) is 4. The summed E-state index contributed by atoms with van der Waals surface area (Å²) in [5, 5.41) is 0. The predicted molar refractivity (Wildman–Crippen MR) is 75.2 cm³/mol. The predicted octanol–water partition coefficient (Wildman–Crippen LogP) is 1.82. The molecule has 0 radical (unpaired) electrons. The van der Waals surface area contributed by atoms with E-state index in [4.69, 9.17) is 10.5 Å². The van der Waals surface area contributed by atoms with E-state index in [0.717, 1.165) is 28.8 Å². The molecule has 2 rings (SSSR count). The van der Waals surface area contributed by atoms with E-state index in [2.05, 4.69) is 20.8 Å². The normalized spacial score (nSPS) is 15.8. The van der Waals surface area contributed by atoms with Gasteiger partial charge in [0.1, 0.15) is 0 Å². The first-order chi connectivity index (χ1) is 8.72. The number of hydrogen-bond donors (Lipinski definition) is 1. The van der Waals surface area contributed by atoms with Gasteiger partial charge in [0.25, 0.3) is 0 Å². The Morgan fingerprint density at radius 3 is 2.78 bits per heavy atom. The molecule has 0 atom stereocenters. The van der Waals surface area contributed by atoms with Gasteiger partial charge in [0.05, 0.1) is 13.2 Å². The van der Waals surface area contributed by atoms with E-state index >= 15 is 0 Å². The molecule has 98 valence electrons. The zero-order chi connectivity index (χ0) is 13.0. The standard InChI is InChI=1S/C13H17BrN2O2/c14-10-1-2-12(16-5-7-18-8-6-16)11(9-10)13(17)3-4-15/h1-2,9H,3-8,15H2. The van der Waals surface area contributed by atoms with Gasteiger partial charge in [-0.15, -0.1) is 0 Å². The smallest absolute Gasteiger partial charge is 0.166 e. The van der Waals surface area contributed by atoms with Crippen LogP contribution in [0.15, 0.2) is 22.7 Å². The zero-order valence-corrected chi connectivity index (χ0v) is 11.8. The summed E-state index contributed by atoms with van der Waals surface area (Å²) < 4.78 is 6.25. The molecule has 1 saturated heterocycles. The molecule has 1 fully saturated rings. The molecule has 1 aromatic rings. The second kappa shape index (κ2) is 6.31. The molecule has 2 N–H and O–H groups in total. The van der Waals surface area contributed by atoms with Crippen molar-refractivity contribution in [3.05, 3.63) is 28.2 Å². The first-order valence-electron chi connectivity index (χ1n) is 6.08. The summed E-state index contributed by atoms with van der Waals surface area (Å²) in [7, 11) is 0. The second-order valence-electron chi connectivity index (χ2n) is 4.22. The third-order valence-electron chi connectivity index (χ3n) is 2.98. The molecular weight excluding hydrogens is 296 g/mol. The number of rotatable bonds is 4. The minimum atomic E-state index is 0.0975. The van der Waals surface area contributed by atoms with Gasteiger partial charge in [0.15, 0.2) is 5.78 Å². The average molecular weight is 313 g/mol. The fourth-order valence-corrected chi connectivity index (χ4v) is 2.44. The van der Waals surface area contributed by atoms with Gasteiger partial charge in [0, 0.05) is 35.2 Å². The number of nitrogens with zero attached hydrogens (tertiary/aromatic N) is 1. The molecule has 1 aromatic carbocycles. The molecule has 1 aliphatic heterocycles. The van der Waals surface area contributed by atoms with Gasteiger partial charge < -0.3 is 15.4 Å². The molecule has 0 unspecified atom stereocenters. The van der Waals surface area contributed by atoms with Gasteiger partial charge in [-0.1, -0.05) is 15.9 Å². The molecule has 1 aliphatic rings. The zero-order valence-electron chi connectivity index (χ0n) is 10.2. The molecule has 0 aromatic heterocycles. The fourth-order valence-electron chi connectivity index (χ4n) is 2.08. The first-order valence-corrected chi connectivity index (χ1v) is 6.87. The minimum absolute atomic E-state index is 0.0975. The SMILES string of the molecule is NCCC(=O)c1cc(Br)ccc1N1CCOCC1. The monoisotopic (exact) mass is 312 g/mol. The van der Waals surface area contributed by atoms with Crippen LogP contribution >= 0.6 is 15.9 Å². The summed E-state index contributed by atoms with van der Waals surface area (Å²) >= 11 is 3.41. The van der Waals surface area contributed by atoms with E-state index in [1.807, 2.05) is 18.2 Å². The Hall–Kier alpha value is -0.910. The molecule has 0 aliphatic carbocycles. The van der Waals surface area contributed by atoms with Crippen molar-refractivity contribution in [1.82, 2.24) is 0 Å². The Morgan fingerprint density at radius 2 is 2.11 bits per heavy atom. The number of carbonyl (C=O) groups excluding carboxylic acids is 1. The number of anilines is 1. The van der Waals surface area contributed by atoms with Crippen molar-refractivity contribution in [1.29, 1.82) is 0 Å². The van der Waals surface area contributed by atoms with Crippen LogP contribution in [-0.2, 0) is 4.74 Å². The number of ketones is 1. The molecule has 5 heteroatoms. The lowest BCUT2D eigenvalue weighted by Crippen LogP contribution is -2.37. The summed E-state index contributed by atoms with van der Waals surface area (Å²) in [5.74, 6) is 0.0975. The van der Waals surface area contributed by atoms with Crippen LogP contribution in [0.3, 0.4) is 0 Å². The maximum Gasteiger partial charge on any atom is 0.166 e. The summed E-state index contributed by atoms with van der Waals surface area (Å²) in [4.78, 5) is 14.3. The molecule has 4 nitrogen and oxygen atoms in total.